The summed E-state index contributed by atoms with van der Waals surface area (Å²) in [5.41, 5.74) is 1.69. The van der Waals surface area contributed by atoms with E-state index in [0.29, 0.717) is 24.1 Å². The van der Waals surface area contributed by atoms with Crippen molar-refractivity contribution in [1.29, 1.82) is 0 Å². The number of sulfonamides is 1. The Labute approximate surface area is 182 Å². The lowest BCUT2D eigenvalue weighted by molar-refractivity contribution is -0.120. The quantitative estimate of drug-likeness (QED) is 0.663. The van der Waals surface area contributed by atoms with Crippen molar-refractivity contribution in [3.05, 3.63) is 71.1 Å². The molecule has 0 aliphatic carbocycles. The maximum atomic E-state index is 12.6. The number of nitrogens with one attached hydrogen (secondary N) is 1. The third-order valence-corrected chi connectivity index (χ3v) is 6.62. The van der Waals surface area contributed by atoms with Gasteiger partial charge in [0, 0.05) is 30.1 Å². The number of carbonyl (C=O) groups excluding carboxylic acids is 2. The van der Waals surface area contributed by atoms with Crippen LogP contribution < -0.4 is 5.32 Å². The Hall–Kier alpha value is -2.97. The third kappa shape index (κ3) is 6.26. The number of benzene rings is 2. The van der Waals surface area contributed by atoms with E-state index in [0.717, 1.165) is 5.56 Å². The average molecular weight is 443 g/mol. The minimum absolute atomic E-state index is 0.183. The van der Waals surface area contributed by atoms with E-state index in [-0.39, 0.29) is 31.5 Å². The standard InChI is InChI=1S/C23H26N2O5S/c1-2-30-23(27)20-9-6-10-21(17-20)24-22(26)19-11-14-25(15-12-19)31(28,29)16-13-18-7-4-3-5-8-18/h3-10,13,16-17,19H,2,11-12,14-15H2,1H3,(H,24,26)/b16-13+. The highest BCUT2D eigenvalue weighted by Gasteiger charge is 2.30. The smallest absolute Gasteiger partial charge is 0.338 e. The fraction of sp³-hybridized carbons (Fsp3) is 0.304. The number of nitrogens with zero attached hydrogens (tertiary/aromatic N) is 1. The van der Waals surface area contributed by atoms with Gasteiger partial charge in [-0.25, -0.2) is 13.2 Å². The minimum atomic E-state index is -3.54. The van der Waals surface area contributed by atoms with Crippen LogP contribution in [0.5, 0.6) is 0 Å². The van der Waals surface area contributed by atoms with Crippen LogP contribution in [0.3, 0.4) is 0 Å². The average Bonchev–Trinajstić information content (AvgIpc) is 2.79. The fourth-order valence-electron chi connectivity index (χ4n) is 3.37. The van der Waals surface area contributed by atoms with Crippen molar-refractivity contribution in [2.45, 2.75) is 19.8 Å². The van der Waals surface area contributed by atoms with Crippen LogP contribution >= 0.6 is 0 Å². The molecule has 7 nitrogen and oxygen atoms in total. The summed E-state index contributed by atoms with van der Waals surface area (Å²) in [6, 6.07) is 15.8. The molecule has 0 unspecified atom stereocenters. The Balaban J connectivity index is 1.56. The van der Waals surface area contributed by atoms with Crippen LogP contribution in [-0.2, 0) is 19.6 Å². The molecule has 1 aliphatic rings. The van der Waals surface area contributed by atoms with E-state index in [1.165, 1.54) is 9.71 Å². The molecule has 1 fully saturated rings. The zero-order valence-corrected chi connectivity index (χ0v) is 18.2. The zero-order chi connectivity index (χ0) is 22.3. The Bertz CT molecular complexity index is 1040. The molecule has 0 bridgehead atoms. The van der Waals surface area contributed by atoms with Crippen molar-refractivity contribution >= 4 is 33.7 Å². The van der Waals surface area contributed by atoms with E-state index in [1.54, 1.807) is 37.3 Å². The second-order valence-corrected chi connectivity index (χ2v) is 9.04. The van der Waals surface area contributed by atoms with Crippen LogP contribution in [0.15, 0.2) is 60.0 Å². The molecule has 1 aliphatic heterocycles. The topological polar surface area (TPSA) is 92.8 Å². The molecule has 0 saturated carbocycles. The summed E-state index contributed by atoms with van der Waals surface area (Å²) in [6.45, 7) is 2.57. The lowest BCUT2D eigenvalue weighted by Gasteiger charge is -2.29. The van der Waals surface area contributed by atoms with Crippen LogP contribution in [0.4, 0.5) is 5.69 Å². The molecule has 1 saturated heterocycles. The largest absolute Gasteiger partial charge is 0.462 e. The number of amides is 1. The molecule has 1 amide bonds. The molecule has 0 radical (unpaired) electrons. The van der Waals surface area contributed by atoms with Crippen LogP contribution in [0.2, 0.25) is 0 Å². The van der Waals surface area contributed by atoms with Gasteiger partial charge >= 0.3 is 5.97 Å². The number of hydrogen-bond acceptors (Lipinski definition) is 5. The van der Waals surface area contributed by atoms with E-state index >= 15 is 0 Å². The molecule has 1 N–H and O–H groups in total. The number of hydrogen-bond donors (Lipinski definition) is 1. The van der Waals surface area contributed by atoms with Crippen LogP contribution in [0, 0.1) is 5.92 Å². The first-order valence-corrected chi connectivity index (χ1v) is 11.7. The van der Waals surface area contributed by atoms with Gasteiger partial charge in [0.25, 0.3) is 0 Å². The van der Waals surface area contributed by atoms with Gasteiger partial charge in [-0.2, -0.15) is 4.31 Å². The lowest BCUT2D eigenvalue weighted by Crippen LogP contribution is -2.40. The van der Waals surface area contributed by atoms with Crippen molar-refractivity contribution in [2.24, 2.45) is 5.92 Å². The predicted octanol–water partition coefficient (Wildman–Crippen LogP) is 3.51. The van der Waals surface area contributed by atoms with Crippen LogP contribution in [-0.4, -0.2) is 44.3 Å². The first kappa shape index (κ1) is 22.7. The maximum Gasteiger partial charge on any atom is 0.338 e. The molecule has 164 valence electrons. The molecule has 0 atom stereocenters. The van der Waals surface area contributed by atoms with Crippen molar-refractivity contribution in [3.8, 4) is 0 Å². The Morgan fingerprint density at radius 1 is 1.10 bits per heavy atom. The molecule has 2 aromatic rings. The number of carbonyl (C=O) groups is 2. The summed E-state index contributed by atoms with van der Waals surface area (Å²) >= 11 is 0. The number of ether oxygens (including phenoxy) is 1. The Morgan fingerprint density at radius 3 is 2.48 bits per heavy atom. The zero-order valence-electron chi connectivity index (χ0n) is 17.4. The monoisotopic (exact) mass is 442 g/mol. The summed E-state index contributed by atoms with van der Waals surface area (Å²) in [5.74, 6) is -0.922. The molecular weight excluding hydrogens is 416 g/mol. The van der Waals surface area contributed by atoms with Gasteiger partial charge in [-0.15, -0.1) is 0 Å². The minimum Gasteiger partial charge on any atom is -0.462 e. The maximum absolute atomic E-state index is 12.6. The Kier molecular flexibility index (Phi) is 7.59. The van der Waals surface area contributed by atoms with E-state index in [1.807, 2.05) is 30.3 Å². The first-order chi connectivity index (χ1) is 14.9. The number of esters is 1. The summed E-state index contributed by atoms with van der Waals surface area (Å²) in [4.78, 5) is 24.5. The molecule has 1 heterocycles. The summed E-state index contributed by atoms with van der Waals surface area (Å²) in [6.07, 6.45) is 2.44. The van der Waals surface area contributed by atoms with E-state index < -0.39 is 16.0 Å². The second kappa shape index (κ2) is 10.4. The highest BCUT2D eigenvalue weighted by molar-refractivity contribution is 7.92. The van der Waals surface area contributed by atoms with Crippen LogP contribution in [0.1, 0.15) is 35.7 Å². The molecule has 31 heavy (non-hydrogen) atoms. The van der Waals surface area contributed by atoms with Crippen LogP contribution in [0.25, 0.3) is 6.08 Å². The summed E-state index contributed by atoms with van der Waals surface area (Å²) in [5, 5.41) is 4.03. The van der Waals surface area contributed by atoms with Gasteiger partial charge in [-0.1, -0.05) is 36.4 Å². The Morgan fingerprint density at radius 2 is 1.81 bits per heavy atom. The highest BCUT2D eigenvalue weighted by atomic mass is 32.2. The number of anilines is 1. The molecular formula is C23H26N2O5S. The van der Waals surface area contributed by atoms with Gasteiger partial charge in [-0.05, 0) is 49.6 Å². The predicted molar refractivity (Wildman–Crippen MR) is 120 cm³/mol. The summed E-state index contributed by atoms with van der Waals surface area (Å²) in [7, 11) is -3.54. The lowest BCUT2D eigenvalue weighted by atomic mass is 9.97. The molecule has 8 heteroatoms. The molecule has 2 aromatic carbocycles. The van der Waals surface area contributed by atoms with Crippen molar-refractivity contribution in [2.75, 3.05) is 25.0 Å². The molecule has 3 rings (SSSR count). The van der Waals surface area contributed by atoms with Gasteiger partial charge < -0.3 is 10.1 Å². The van der Waals surface area contributed by atoms with Gasteiger partial charge in [0.1, 0.15) is 0 Å². The highest BCUT2D eigenvalue weighted by Crippen LogP contribution is 2.23. The fourth-order valence-corrected chi connectivity index (χ4v) is 4.59. The van der Waals surface area contributed by atoms with Gasteiger partial charge in [0.15, 0.2) is 0 Å². The van der Waals surface area contributed by atoms with E-state index in [2.05, 4.69) is 5.32 Å². The SMILES string of the molecule is CCOC(=O)c1cccc(NC(=O)C2CCN(S(=O)(=O)/C=C/c3ccccc3)CC2)c1. The van der Waals surface area contributed by atoms with Crippen molar-refractivity contribution in [3.63, 3.8) is 0 Å². The molecule has 0 spiro atoms. The first-order valence-electron chi connectivity index (χ1n) is 10.2. The van der Waals surface area contributed by atoms with Gasteiger partial charge in [-0.3, -0.25) is 4.79 Å². The number of rotatable bonds is 7. The normalized spacial score (nSPS) is 15.6. The van der Waals surface area contributed by atoms with Crippen molar-refractivity contribution in [1.82, 2.24) is 4.31 Å². The van der Waals surface area contributed by atoms with E-state index in [9.17, 15) is 18.0 Å². The second-order valence-electron chi connectivity index (χ2n) is 7.22. The molecule has 0 aromatic heterocycles. The third-order valence-electron chi connectivity index (χ3n) is 5.06. The number of piperidine rings is 1. The summed E-state index contributed by atoms with van der Waals surface area (Å²) < 4.78 is 31.5. The van der Waals surface area contributed by atoms with Gasteiger partial charge in [0.05, 0.1) is 12.2 Å². The van der Waals surface area contributed by atoms with Gasteiger partial charge in [0.2, 0.25) is 15.9 Å². The van der Waals surface area contributed by atoms with Crippen molar-refractivity contribution < 1.29 is 22.7 Å². The van der Waals surface area contributed by atoms with E-state index in [4.69, 9.17) is 4.74 Å².